The van der Waals surface area contributed by atoms with Gasteiger partial charge in [-0.2, -0.15) is 0 Å². The summed E-state index contributed by atoms with van der Waals surface area (Å²) in [4.78, 5) is 0. The van der Waals surface area contributed by atoms with Crippen LogP contribution < -0.4 is 0 Å². The van der Waals surface area contributed by atoms with E-state index < -0.39 is 0 Å². The molecule has 0 fully saturated rings. The van der Waals surface area contributed by atoms with Crippen LogP contribution in [0.3, 0.4) is 0 Å². The minimum absolute atomic E-state index is 0.486. The zero-order valence-electron chi connectivity index (χ0n) is 6.89. The normalized spacial score (nSPS) is 9.60. The second kappa shape index (κ2) is 11.0. The topological polar surface area (TPSA) is 0 Å². The molecule has 0 aromatic rings. The van der Waals surface area contributed by atoms with Gasteiger partial charge in [0.25, 0.3) is 0 Å². The van der Waals surface area contributed by atoms with Crippen molar-refractivity contribution in [2.75, 3.05) is 0 Å². The Morgan fingerprint density at radius 3 is 2.10 bits per heavy atom. The summed E-state index contributed by atoms with van der Waals surface area (Å²) in [7, 11) is 0. The maximum atomic E-state index is 11.2. The van der Waals surface area contributed by atoms with Crippen LogP contribution in [0.2, 0.25) is 0 Å². The van der Waals surface area contributed by atoms with Crippen molar-refractivity contribution in [3.63, 3.8) is 0 Å². The first kappa shape index (κ1) is 11.9. The minimum atomic E-state index is 0.486. The molecule has 1 heteroatoms. The monoisotopic (exact) mass is 142 g/mol. The second-order valence-corrected chi connectivity index (χ2v) is 1.52. The van der Waals surface area contributed by atoms with Gasteiger partial charge >= 0.3 is 0 Å². The molecular weight excluding hydrogens is 127 g/mol. The average molecular weight is 142 g/mol. The highest BCUT2D eigenvalue weighted by Crippen LogP contribution is 1.88. The molecule has 0 atom stereocenters. The predicted molar refractivity (Wildman–Crippen MR) is 45.6 cm³/mol. The molecule has 0 radical (unpaired) electrons. The summed E-state index contributed by atoms with van der Waals surface area (Å²) in [6.45, 7) is 9.43. The predicted octanol–water partition coefficient (Wildman–Crippen LogP) is 3.63. The molecule has 0 aromatic carbocycles. The molecule has 0 amide bonds. The summed E-state index contributed by atoms with van der Waals surface area (Å²) in [5.41, 5.74) is 0.920. The molecule has 0 spiro atoms. The second-order valence-electron chi connectivity index (χ2n) is 1.52. The first-order valence-electron chi connectivity index (χ1n) is 3.36. The standard InChI is InChI=1S/C7H9F.C2H6/c1-7(2)5-3-4-6-8;1-2/h3-6H,1H2,2H3;1-2H3/b5-3-,6-4+;. The summed E-state index contributed by atoms with van der Waals surface area (Å²) in [5, 5.41) is 0. The van der Waals surface area contributed by atoms with E-state index in [2.05, 4.69) is 6.58 Å². The number of hydrogen-bond acceptors (Lipinski definition) is 0. The van der Waals surface area contributed by atoms with Crippen molar-refractivity contribution in [3.8, 4) is 0 Å². The van der Waals surface area contributed by atoms with Gasteiger partial charge in [0.15, 0.2) is 0 Å². The Morgan fingerprint density at radius 2 is 1.80 bits per heavy atom. The molecular formula is C9H15F. The summed E-state index contributed by atoms with van der Waals surface area (Å²) >= 11 is 0. The van der Waals surface area contributed by atoms with Crippen molar-refractivity contribution < 1.29 is 4.39 Å². The number of hydrogen-bond donors (Lipinski definition) is 0. The highest BCUT2D eigenvalue weighted by molar-refractivity contribution is 5.15. The van der Waals surface area contributed by atoms with Crippen LogP contribution in [-0.2, 0) is 0 Å². The summed E-state index contributed by atoms with van der Waals surface area (Å²) in [5.74, 6) is 0. The van der Waals surface area contributed by atoms with Gasteiger partial charge in [0.2, 0.25) is 0 Å². The van der Waals surface area contributed by atoms with Crippen molar-refractivity contribution >= 4 is 0 Å². The molecule has 0 bridgehead atoms. The van der Waals surface area contributed by atoms with Gasteiger partial charge in [-0.1, -0.05) is 38.2 Å². The van der Waals surface area contributed by atoms with Crippen molar-refractivity contribution in [3.05, 3.63) is 36.7 Å². The first-order valence-corrected chi connectivity index (χ1v) is 3.36. The van der Waals surface area contributed by atoms with Gasteiger partial charge in [-0.05, 0) is 13.0 Å². The Morgan fingerprint density at radius 1 is 1.30 bits per heavy atom. The van der Waals surface area contributed by atoms with E-state index in [-0.39, 0.29) is 0 Å². The van der Waals surface area contributed by atoms with Gasteiger partial charge in [0, 0.05) is 0 Å². The summed E-state index contributed by atoms with van der Waals surface area (Å²) < 4.78 is 11.2. The fraction of sp³-hybridized carbons (Fsp3) is 0.333. The highest BCUT2D eigenvalue weighted by atomic mass is 19.1. The van der Waals surface area contributed by atoms with Crippen molar-refractivity contribution in [2.24, 2.45) is 0 Å². The van der Waals surface area contributed by atoms with Gasteiger partial charge in [-0.15, -0.1) is 0 Å². The van der Waals surface area contributed by atoms with Gasteiger partial charge in [0.05, 0.1) is 6.33 Å². The Bertz CT molecular complexity index is 121. The van der Waals surface area contributed by atoms with Crippen LogP contribution in [0.1, 0.15) is 20.8 Å². The van der Waals surface area contributed by atoms with Crippen LogP contribution in [0, 0.1) is 0 Å². The van der Waals surface area contributed by atoms with Gasteiger partial charge < -0.3 is 0 Å². The van der Waals surface area contributed by atoms with E-state index in [4.69, 9.17) is 0 Å². The third kappa shape index (κ3) is 15.7. The lowest BCUT2D eigenvalue weighted by molar-refractivity contribution is 0.721. The van der Waals surface area contributed by atoms with Crippen LogP contribution in [-0.4, -0.2) is 0 Å². The van der Waals surface area contributed by atoms with Gasteiger partial charge in [-0.3, -0.25) is 0 Å². The highest BCUT2D eigenvalue weighted by Gasteiger charge is 1.67. The lowest BCUT2D eigenvalue weighted by atomic mass is 10.3. The number of allylic oxidation sites excluding steroid dienone is 4. The van der Waals surface area contributed by atoms with E-state index in [1.165, 1.54) is 6.08 Å². The zero-order chi connectivity index (χ0) is 8.41. The largest absolute Gasteiger partial charge is 0.216 e. The number of rotatable bonds is 2. The van der Waals surface area contributed by atoms with Crippen molar-refractivity contribution in [2.45, 2.75) is 20.8 Å². The fourth-order valence-electron chi connectivity index (χ4n) is 0.262. The Labute approximate surface area is 62.8 Å². The minimum Gasteiger partial charge on any atom is -0.216 e. The Balaban J connectivity index is 0. The van der Waals surface area contributed by atoms with Crippen molar-refractivity contribution in [1.82, 2.24) is 0 Å². The molecule has 0 saturated carbocycles. The summed E-state index contributed by atoms with van der Waals surface area (Å²) in [6.07, 6.45) is 5.13. The van der Waals surface area contributed by atoms with E-state index in [0.29, 0.717) is 6.33 Å². The maximum Gasteiger partial charge on any atom is 0.0866 e. The quantitative estimate of drug-likeness (QED) is 0.516. The van der Waals surface area contributed by atoms with Crippen LogP contribution in [0.5, 0.6) is 0 Å². The molecule has 0 nitrogen and oxygen atoms in total. The third-order valence-corrected chi connectivity index (χ3v) is 0.565. The van der Waals surface area contributed by atoms with E-state index in [1.807, 2.05) is 20.8 Å². The number of halogens is 1. The lowest BCUT2D eigenvalue weighted by Gasteiger charge is -1.77. The SMILES string of the molecule is C=C(C)/C=C\C=C\F.CC. The van der Waals surface area contributed by atoms with E-state index >= 15 is 0 Å². The molecule has 0 heterocycles. The zero-order valence-corrected chi connectivity index (χ0v) is 6.89. The summed E-state index contributed by atoms with van der Waals surface area (Å²) in [6, 6.07) is 0. The molecule has 0 aromatic heterocycles. The molecule has 10 heavy (non-hydrogen) atoms. The van der Waals surface area contributed by atoms with E-state index in [1.54, 1.807) is 12.2 Å². The van der Waals surface area contributed by atoms with Crippen LogP contribution in [0.4, 0.5) is 4.39 Å². The molecule has 0 saturated heterocycles. The van der Waals surface area contributed by atoms with Gasteiger partial charge in [0.1, 0.15) is 0 Å². The molecule has 0 aliphatic rings. The molecule has 58 valence electrons. The van der Waals surface area contributed by atoms with E-state index in [0.717, 1.165) is 5.57 Å². The average Bonchev–Trinajstić information content (AvgIpc) is 1.92. The molecule has 0 N–H and O–H groups in total. The van der Waals surface area contributed by atoms with E-state index in [9.17, 15) is 4.39 Å². The maximum absolute atomic E-state index is 11.2. The smallest absolute Gasteiger partial charge is 0.0866 e. The first-order chi connectivity index (χ1) is 4.77. The van der Waals surface area contributed by atoms with Gasteiger partial charge in [-0.25, -0.2) is 4.39 Å². The molecule has 0 aliphatic heterocycles. The fourth-order valence-corrected chi connectivity index (χ4v) is 0.262. The lowest BCUT2D eigenvalue weighted by Crippen LogP contribution is -1.56. The molecule has 0 aliphatic carbocycles. The Kier molecular flexibility index (Phi) is 13.1. The van der Waals surface area contributed by atoms with Crippen LogP contribution >= 0.6 is 0 Å². The van der Waals surface area contributed by atoms with Crippen molar-refractivity contribution in [1.29, 1.82) is 0 Å². The van der Waals surface area contributed by atoms with Crippen LogP contribution in [0.25, 0.3) is 0 Å². The molecule has 0 unspecified atom stereocenters. The molecule has 0 rings (SSSR count). The van der Waals surface area contributed by atoms with Crippen LogP contribution in [0.15, 0.2) is 36.7 Å². The third-order valence-electron chi connectivity index (χ3n) is 0.565. The Hall–Kier alpha value is -0.850.